The first-order valence-corrected chi connectivity index (χ1v) is 9.58. The number of carbonyl (C=O) groups excluding carboxylic acids is 2. The molecular weight excluding hydrogens is 366 g/mol. The zero-order chi connectivity index (χ0) is 19.6. The molecule has 2 amide bonds. The van der Waals surface area contributed by atoms with Gasteiger partial charge in [0.1, 0.15) is 0 Å². The first-order valence-electron chi connectivity index (χ1n) is 8.42. The Kier molecular flexibility index (Phi) is 7.81. The van der Waals surface area contributed by atoms with Crippen LogP contribution >= 0.6 is 11.8 Å². The van der Waals surface area contributed by atoms with Crippen molar-refractivity contribution in [1.82, 2.24) is 0 Å². The van der Waals surface area contributed by atoms with Crippen LogP contribution in [0.5, 0.6) is 0 Å². The van der Waals surface area contributed by atoms with Crippen LogP contribution in [0.2, 0.25) is 0 Å². The Morgan fingerprint density at radius 1 is 1.04 bits per heavy atom. The molecule has 0 aliphatic heterocycles. The van der Waals surface area contributed by atoms with E-state index in [0.717, 1.165) is 11.3 Å². The van der Waals surface area contributed by atoms with E-state index in [0.29, 0.717) is 24.3 Å². The first-order chi connectivity index (χ1) is 12.9. The van der Waals surface area contributed by atoms with Crippen molar-refractivity contribution in [2.24, 2.45) is 0 Å². The van der Waals surface area contributed by atoms with E-state index in [1.165, 1.54) is 30.0 Å². The smallest absolute Gasteiger partial charge is 0.271 e. The maximum absolute atomic E-state index is 11.9. The average molecular weight is 387 g/mol. The number of hydrogen-bond acceptors (Lipinski definition) is 5. The van der Waals surface area contributed by atoms with E-state index in [4.69, 9.17) is 0 Å². The minimum absolute atomic E-state index is 0.0535. The summed E-state index contributed by atoms with van der Waals surface area (Å²) in [6.07, 6.45) is 1.04. The van der Waals surface area contributed by atoms with Gasteiger partial charge in [-0.1, -0.05) is 18.2 Å². The van der Waals surface area contributed by atoms with Crippen LogP contribution in [0.25, 0.3) is 0 Å². The fourth-order valence-electron chi connectivity index (χ4n) is 2.34. The molecule has 0 saturated carbocycles. The maximum Gasteiger partial charge on any atom is 0.271 e. The van der Waals surface area contributed by atoms with Crippen LogP contribution in [0.3, 0.4) is 0 Å². The second-order valence-electron chi connectivity index (χ2n) is 5.93. The molecule has 27 heavy (non-hydrogen) atoms. The van der Waals surface area contributed by atoms with Crippen molar-refractivity contribution in [3.8, 4) is 0 Å². The van der Waals surface area contributed by atoms with Crippen molar-refractivity contribution in [1.29, 1.82) is 0 Å². The van der Waals surface area contributed by atoms with Crippen LogP contribution in [0.15, 0.2) is 48.5 Å². The number of hydrogen-bond donors (Lipinski definition) is 2. The SMILES string of the molecule is Cc1cccc(NC(=O)CCCSCC(=O)Nc2cccc([N+](=O)[O-])c2)c1. The second kappa shape index (κ2) is 10.3. The highest BCUT2D eigenvalue weighted by atomic mass is 32.2. The van der Waals surface area contributed by atoms with Gasteiger partial charge < -0.3 is 10.6 Å². The number of carbonyl (C=O) groups is 2. The van der Waals surface area contributed by atoms with E-state index >= 15 is 0 Å². The van der Waals surface area contributed by atoms with E-state index < -0.39 is 4.92 Å². The number of thioether (sulfide) groups is 1. The third kappa shape index (κ3) is 7.49. The van der Waals surface area contributed by atoms with Gasteiger partial charge in [0.15, 0.2) is 0 Å². The van der Waals surface area contributed by atoms with E-state index in [-0.39, 0.29) is 23.3 Å². The molecule has 0 saturated heterocycles. The number of nitrogens with zero attached hydrogens (tertiary/aromatic N) is 1. The Morgan fingerprint density at radius 3 is 2.41 bits per heavy atom. The van der Waals surface area contributed by atoms with Crippen LogP contribution in [-0.4, -0.2) is 28.2 Å². The maximum atomic E-state index is 11.9. The molecule has 0 aliphatic rings. The molecule has 0 bridgehead atoms. The van der Waals surface area contributed by atoms with Gasteiger partial charge in [0, 0.05) is 29.9 Å². The van der Waals surface area contributed by atoms with Crippen molar-refractivity contribution < 1.29 is 14.5 Å². The first kappa shape index (κ1) is 20.4. The van der Waals surface area contributed by atoms with Crippen molar-refractivity contribution in [2.75, 3.05) is 22.1 Å². The minimum atomic E-state index is -0.508. The summed E-state index contributed by atoms with van der Waals surface area (Å²) in [6, 6.07) is 13.4. The Morgan fingerprint density at radius 2 is 1.70 bits per heavy atom. The summed E-state index contributed by atoms with van der Waals surface area (Å²) in [4.78, 5) is 34.0. The number of aryl methyl sites for hydroxylation is 1. The van der Waals surface area contributed by atoms with E-state index in [9.17, 15) is 19.7 Å². The molecule has 0 heterocycles. The van der Waals surface area contributed by atoms with E-state index in [2.05, 4.69) is 10.6 Å². The van der Waals surface area contributed by atoms with Crippen LogP contribution in [0, 0.1) is 17.0 Å². The Labute approximate surface area is 161 Å². The van der Waals surface area contributed by atoms with Crippen LogP contribution < -0.4 is 10.6 Å². The molecule has 7 nitrogen and oxygen atoms in total. The van der Waals surface area contributed by atoms with Crippen molar-refractivity contribution in [3.05, 3.63) is 64.2 Å². The van der Waals surface area contributed by atoms with Gasteiger partial charge in [0.2, 0.25) is 11.8 Å². The second-order valence-corrected chi connectivity index (χ2v) is 7.03. The lowest BCUT2D eigenvalue weighted by atomic mass is 10.2. The Bertz CT molecular complexity index is 826. The number of anilines is 2. The molecule has 0 fully saturated rings. The van der Waals surface area contributed by atoms with Gasteiger partial charge >= 0.3 is 0 Å². The van der Waals surface area contributed by atoms with Gasteiger partial charge in [-0.2, -0.15) is 11.8 Å². The van der Waals surface area contributed by atoms with Gasteiger partial charge in [-0.3, -0.25) is 19.7 Å². The van der Waals surface area contributed by atoms with E-state index in [1.807, 2.05) is 31.2 Å². The van der Waals surface area contributed by atoms with Gasteiger partial charge in [-0.25, -0.2) is 0 Å². The largest absolute Gasteiger partial charge is 0.326 e. The summed E-state index contributed by atoms with van der Waals surface area (Å²) in [7, 11) is 0. The van der Waals surface area contributed by atoms with Crippen molar-refractivity contribution >= 4 is 40.6 Å². The number of nitrogens with one attached hydrogen (secondary N) is 2. The van der Waals surface area contributed by atoms with Crippen LogP contribution in [-0.2, 0) is 9.59 Å². The van der Waals surface area contributed by atoms with Crippen LogP contribution in [0.1, 0.15) is 18.4 Å². The molecule has 0 aliphatic carbocycles. The molecule has 0 radical (unpaired) electrons. The molecule has 2 aromatic carbocycles. The fourth-order valence-corrected chi connectivity index (χ4v) is 3.09. The minimum Gasteiger partial charge on any atom is -0.326 e. The molecule has 2 rings (SSSR count). The number of amides is 2. The third-order valence-electron chi connectivity index (χ3n) is 3.57. The lowest BCUT2D eigenvalue weighted by molar-refractivity contribution is -0.384. The zero-order valence-electron chi connectivity index (χ0n) is 14.9. The Balaban J connectivity index is 1.63. The number of benzene rings is 2. The predicted molar refractivity (Wildman–Crippen MR) is 108 cm³/mol. The molecule has 0 atom stereocenters. The fraction of sp³-hybridized carbons (Fsp3) is 0.263. The number of non-ortho nitro benzene ring substituents is 1. The summed E-state index contributed by atoms with van der Waals surface area (Å²) in [5.41, 5.74) is 2.19. The van der Waals surface area contributed by atoms with Gasteiger partial charge in [0.25, 0.3) is 5.69 Å². The molecule has 0 spiro atoms. The van der Waals surface area contributed by atoms with Crippen molar-refractivity contribution in [3.63, 3.8) is 0 Å². The molecular formula is C19H21N3O4S. The van der Waals surface area contributed by atoms with Gasteiger partial charge in [-0.05, 0) is 42.9 Å². The monoisotopic (exact) mass is 387 g/mol. The van der Waals surface area contributed by atoms with Gasteiger partial charge in [-0.15, -0.1) is 0 Å². The summed E-state index contributed by atoms with van der Waals surface area (Å²) in [6.45, 7) is 1.96. The average Bonchev–Trinajstić information content (AvgIpc) is 2.61. The highest BCUT2D eigenvalue weighted by Gasteiger charge is 2.08. The predicted octanol–water partition coefficient (Wildman–Crippen LogP) is 3.99. The highest BCUT2D eigenvalue weighted by Crippen LogP contribution is 2.17. The molecule has 2 aromatic rings. The van der Waals surface area contributed by atoms with E-state index in [1.54, 1.807) is 6.07 Å². The quantitative estimate of drug-likeness (QED) is 0.385. The molecule has 0 aromatic heterocycles. The Hall–Kier alpha value is -2.87. The lowest BCUT2D eigenvalue weighted by Gasteiger charge is -2.07. The zero-order valence-corrected chi connectivity index (χ0v) is 15.8. The highest BCUT2D eigenvalue weighted by molar-refractivity contribution is 7.99. The van der Waals surface area contributed by atoms with Gasteiger partial charge in [0.05, 0.1) is 10.7 Å². The number of rotatable bonds is 9. The molecule has 8 heteroatoms. The van der Waals surface area contributed by atoms with Crippen LogP contribution in [0.4, 0.5) is 17.1 Å². The third-order valence-corrected chi connectivity index (χ3v) is 4.61. The molecule has 2 N–H and O–H groups in total. The lowest BCUT2D eigenvalue weighted by Crippen LogP contribution is -2.15. The van der Waals surface area contributed by atoms with Crippen molar-refractivity contribution in [2.45, 2.75) is 19.8 Å². The summed E-state index contributed by atoms with van der Waals surface area (Å²) in [5, 5.41) is 16.2. The topological polar surface area (TPSA) is 101 Å². The normalized spacial score (nSPS) is 10.3. The molecule has 142 valence electrons. The number of nitro benzene ring substituents is 1. The summed E-state index contributed by atoms with van der Waals surface area (Å²) < 4.78 is 0. The standard InChI is InChI=1S/C19H21N3O4S/c1-14-5-2-6-15(11-14)20-18(23)9-4-10-27-13-19(24)21-16-7-3-8-17(12-16)22(25)26/h2-3,5-8,11-12H,4,9-10,13H2,1H3,(H,20,23)(H,21,24). The molecule has 0 unspecified atom stereocenters. The summed E-state index contributed by atoms with van der Waals surface area (Å²) in [5.74, 6) is 0.609. The summed E-state index contributed by atoms with van der Waals surface area (Å²) >= 11 is 1.42. The number of nitro groups is 1.